The van der Waals surface area contributed by atoms with Crippen molar-refractivity contribution in [1.82, 2.24) is 15.5 Å². The van der Waals surface area contributed by atoms with Gasteiger partial charge in [0, 0.05) is 6.04 Å². The van der Waals surface area contributed by atoms with E-state index in [-0.39, 0.29) is 30.9 Å². The summed E-state index contributed by atoms with van der Waals surface area (Å²) in [6, 6.07) is -0.289. The summed E-state index contributed by atoms with van der Waals surface area (Å²) < 4.78 is 0. The molecule has 2 unspecified atom stereocenters. The Bertz CT molecular complexity index is 340. The summed E-state index contributed by atoms with van der Waals surface area (Å²) >= 11 is 0. The van der Waals surface area contributed by atoms with E-state index in [0.717, 1.165) is 24.2 Å². The molecule has 2 atom stereocenters. The summed E-state index contributed by atoms with van der Waals surface area (Å²) in [5, 5.41) is 5.25. The lowest BCUT2D eigenvalue weighted by Gasteiger charge is -2.16. The van der Waals surface area contributed by atoms with Crippen molar-refractivity contribution >= 4 is 17.8 Å². The molecule has 2 rings (SSSR count). The lowest BCUT2D eigenvalue weighted by Crippen LogP contribution is -2.43. The fourth-order valence-electron chi connectivity index (χ4n) is 2.37. The van der Waals surface area contributed by atoms with Crippen molar-refractivity contribution in [2.24, 2.45) is 5.92 Å². The third kappa shape index (κ3) is 2.75. The highest BCUT2D eigenvalue weighted by Crippen LogP contribution is 2.24. The van der Waals surface area contributed by atoms with E-state index in [1.54, 1.807) is 0 Å². The molecule has 2 aliphatic rings. The molecule has 0 spiro atoms. The quantitative estimate of drug-likeness (QED) is 0.672. The Kier molecular flexibility index (Phi) is 3.31. The minimum absolute atomic E-state index is 0.00737. The van der Waals surface area contributed by atoms with Crippen LogP contribution in [0.5, 0.6) is 0 Å². The molecule has 1 aliphatic carbocycles. The molecule has 1 saturated carbocycles. The van der Waals surface area contributed by atoms with Crippen LogP contribution in [0.25, 0.3) is 0 Å². The van der Waals surface area contributed by atoms with Crippen LogP contribution in [0, 0.1) is 5.92 Å². The first-order valence-corrected chi connectivity index (χ1v) is 5.94. The van der Waals surface area contributed by atoms with Crippen molar-refractivity contribution in [3.05, 3.63) is 0 Å². The zero-order valence-corrected chi connectivity index (χ0v) is 9.86. The van der Waals surface area contributed by atoms with Crippen LogP contribution in [0.4, 0.5) is 4.79 Å². The maximum Gasteiger partial charge on any atom is 0.325 e. The van der Waals surface area contributed by atoms with Gasteiger partial charge in [-0.3, -0.25) is 14.5 Å². The Balaban J connectivity index is 1.81. The monoisotopic (exact) mass is 239 g/mol. The van der Waals surface area contributed by atoms with Crippen LogP contribution in [0.3, 0.4) is 0 Å². The molecule has 0 radical (unpaired) electrons. The average Bonchev–Trinajstić information content (AvgIpc) is 2.79. The van der Waals surface area contributed by atoms with Crippen molar-refractivity contribution in [2.75, 3.05) is 13.1 Å². The van der Waals surface area contributed by atoms with Crippen LogP contribution in [-0.2, 0) is 9.59 Å². The molecule has 0 bridgehead atoms. The van der Waals surface area contributed by atoms with Crippen molar-refractivity contribution in [2.45, 2.75) is 32.2 Å². The number of rotatable bonds is 3. The van der Waals surface area contributed by atoms with Crippen molar-refractivity contribution in [3.8, 4) is 0 Å². The van der Waals surface area contributed by atoms with Gasteiger partial charge in [-0.05, 0) is 25.2 Å². The number of hydrogen-bond donors (Lipinski definition) is 2. The van der Waals surface area contributed by atoms with Crippen molar-refractivity contribution in [1.29, 1.82) is 0 Å². The van der Waals surface area contributed by atoms with Gasteiger partial charge in [0.15, 0.2) is 0 Å². The van der Waals surface area contributed by atoms with Crippen LogP contribution in [0.1, 0.15) is 26.2 Å². The third-order valence-electron chi connectivity index (χ3n) is 3.30. The smallest absolute Gasteiger partial charge is 0.325 e. The number of nitrogens with zero attached hydrogens (tertiary/aromatic N) is 1. The van der Waals surface area contributed by atoms with Gasteiger partial charge in [-0.2, -0.15) is 0 Å². The molecule has 4 amide bonds. The second kappa shape index (κ2) is 4.73. The molecule has 0 aromatic heterocycles. The van der Waals surface area contributed by atoms with E-state index in [1.807, 2.05) is 0 Å². The average molecular weight is 239 g/mol. The number of carbonyl (C=O) groups is 3. The maximum absolute atomic E-state index is 11.7. The first-order chi connectivity index (χ1) is 8.06. The van der Waals surface area contributed by atoms with E-state index in [0.29, 0.717) is 5.92 Å². The van der Waals surface area contributed by atoms with E-state index in [2.05, 4.69) is 17.6 Å². The second-order valence-corrected chi connectivity index (χ2v) is 4.82. The largest absolute Gasteiger partial charge is 0.352 e. The van der Waals surface area contributed by atoms with Crippen LogP contribution < -0.4 is 10.6 Å². The summed E-state index contributed by atoms with van der Waals surface area (Å²) in [5.74, 6) is 0.0384. The first kappa shape index (κ1) is 11.9. The number of imide groups is 1. The highest BCUT2D eigenvalue weighted by molar-refractivity contribution is 6.04. The summed E-state index contributed by atoms with van der Waals surface area (Å²) in [5.41, 5.74) is 0. The van der Waals surface area contributed by atoms with Crippen LogP contribution in [-0.4, -0.2) is 41.9 Å². The summed E-state index contributed by atoms with van der Waals surface area (Å²) in [7, 11) is 0. The molecule has 1 saturated heterocycles. The Morgan fingerprint density at radius 3 is 2.76 bits per heavy atom. The lowest BCUT2D eigenvalue weighted by molar-refractivity contribution is -0.130. The van der Waals surface area contributed by atoms with Gasteiger partial charge in [0.2, 0.25) is 5.91 Å². The minimum Gasteiger partial charge on any atom is -0.352 e. The SMILES string of the molecule is CC1CCC(NC(=O)CN2C(=O)CNC2=O)C1. The van der Waals surface area contributed by atoms with Gasteiger partial charge in [-0.15, -0.1) is 0 Å². The maximum atomic E-state index is 11.7. The highest BCUT2D eigenvalue weighted by Gasteiger charge is 2.31. The predicted octanol–water partition coefficient (Wildman–Crippen LogP) is -0.157. The summed E-state index contributed by atoms with van der Waals surface area (Å²) in [6.07, 6.45) is 3.08. The van der Waals surface area contributed by atoms with Crippen molar-refractivity contribution in [3.63, 3.8) is 0 Å². The molecule has 6 nitrogen and oxygen atoms in total. The van der Waals surface area contributed by atoms with E-state index < -0.39 is 6.03 Å². The molecule has 0 aromatic rings. The Hall–Kier alpha value is -1.59. The standard InChI is InChI=1S/C11H17N3O3/c1-7-2-3-8(4-7)13-9(15)6-14-10(16)5-12-11(14)17/h7-8H,2-6H2,1H3,(H,12,17)(H,13,15). The molecule has 0 aromatic carbocycles. The number of urea groups is 1. The first-order valence-electron chi connectivity index (χ1n) is 5.94. The highest BCUT2D eigenvalue weighted by atomic mass is 16.2. The second-order valence-electron chi connectivity index (χ2n) is 4.82. The van der Waals surface area contributed by atoms with E-state index in [4.69, 9.17) is 0 Å². The zero-order chi connectivity index (χ0) is 12.4. The summed E-state index contributed by atoms with van der Waals surface area (Å²) in [4.78, 5) is 35.1. The van der Waals surface area contributed by atoms with Gasteiger partial charge in [0.05, 0.1) is 6.54 Å². The normalized spacial score (nSPS) is 28.4. The molecule has 2 fully saturated rings. The zero-order valence-electron chi connectivity index (χ0n) is 9.86. The van der Waals surface area contributed by atoms with Gasteiger partial charge < -0.3 is 10.6 Å². The van der Waals surface area contributed by atoms with Gasteiger partial charge >= 0.3 is 6.03 Å². The summed E-state index contributed by atoms with van der Waals surface area (Å²) in [6.45, 7) is 1.98. The third-order valence-corrected chi connectivity index (χ3v) is 3.30. The topological polar surface area (TPSA) is 78.5 Å². The molecular weight excluding hydrogens is 222 g/mol. The van der Waals surface area contributed by atoms with Gasteiger partial charge in [-0.25, -0.2) is 4.79 Å². The van der Waals surface area contributed by atoms with Gasteiger partial charge in [0.25, 0.3) is 5.91 Å². The fraction of sp³-hybridized carbons (Fsp3) is 0.727. The molecule has 2 N–H and O–H groups in total. The van der Waals surface area contributed by atoms with E-state index >= 15 is 0 Å². The van der Waals surface area contributed by atoms with Crippen LogP contribution in [0.15, 0.2) is 0 Å². The molecule has 1 aliphatic heterocycles. The van der Waals surface area contributed by atoms with E-state index in [9.17, 15) is 14.4 Å². The predicted molar refractivity (Wildman–Crippen MR) is 60.1 cm³/mol. The van der Waals surface area contributed by atoms with Crippen molar-refractivity contribution < 1.29 is 14.4 Å². The molecular formula is C11H17N3O3. The number of amides is 4. The molecule has 1 heterocycles. The lowest BCUT2D eigenvalue weighted by atomic mass is 10.1. The van der Waals surface area contributed by atoms with Gasteiger partial charge in [0.1, 0.15) is 6.54 Å². The Morgan fingerprint density at radius 1 is 1.47 bits per heavy atom. The number of hydrogen-bond acceptors (Lipinski definition) is 3. The van der Waals surface area contributed by atoms with Crippen LogP contribution in [0.2, 0.25) is 0 Å². The molecule has 6 heteroatoms. The van der Waals surface area contributed by atoms with E-state index in [1.165, 1.54) is 0 Å². The minimum atomic E-state index is -0.482. The van der Waals surface area contributed by atoms with Crippen LogP contribution >= 0.6 is 0 Å². The molecule has 94 valence electrons. The Morgan fingerprint density at radius 2 is 2.24 bits per heavy atom. The number of carbonyl (C=O) groups excluding carboxylic acids is 3. The number of nitrogens with one attached hydrogen (secondary N) is 2. The fourth-order valence-corrected chi connectivity index (χ4v) is 2.37. The molecule has 17 heavy (non-hydrogen) atoms. The van der Waals surface area contributed by atoms with Gasteiger partial charge in [-0.1, -0.05) is 6.92 Å². The Labute approximate surface area is 99.7 Å².